The van der Waals surface area contributed by atoms with E-state index in [2.05, 4.69) is 10.0 Å². The molecule has 0 aromatic heterocycles. The lowest BCUT2D eigenvalue weighted by molar-refractivity contribution is -0.222. The van der Waals surface area contributed by atoms with Gasteiger partial charge < -0.3 is 23.7 Å². The fourth-order valence-electron chi connectivity index (χ4n) is 2.89. The molecule has 8 heteroatoms. The van der Waals surface area contributed by atoms with E-state index in [4.69, 9.17) is 29.2 Å². The van der Waals surface area contributed by atoms with Crippen molar-refractivity contribution in [2.24, 2.45) is 5.11 Å². The van der Waals surface area contributed by atoms with Gasteiger partial charge in [0, 0.05) is 4.91 Å². The van der Waals surface area contributed by atoms with Crippen LogP contribution in [0.3, 0.4) is 0 Å². The number of fused-ring (bicyclic) bond motifs is 1. The van der Waals surface area contributed by atoms with Crippen molar-refractivity contribution in [3.63, 3.8) is 0 Å². The van der Waals surface area contributed by atoms with E-state index in [0.29, 0.717) is 6.61 Å². The minimum absolute atomic E-state index is 0.304. The van der Waals surface area contributed by atoms with Crippen molar-refractivity contribution in [3.05, 3.63) is 10.4 Å². The molecule has 0 radical (unpaired) electrons. The van der Waals surface area contributed by atoms with Gasteiger partial charge in [-0.25, -0.2) is 0 Å². The quantitative estimate of drug-likeness (QED) is 0.437. The van der Waals surface area contributed by atoms with E-state index in [-0.39, 0.29) is 6.10 Å². The first-order valence-corrected chi connectivity index (χ1v) is 6.68. The second-order valence-electron chi connectivity index (χ2n) is 6.13. The molecule has 0 spiro atoms. The normalized spacial score (nSPS) is 45.1. The second-order valence-corrected chi connectivity index (χ2v) is 6.13. The van der Waals surface area contributed by atoms with E-state index in [9.17, 15) is 0 Å². The van der Waals surface area contributed by atoms with Crippen LogP contribution < -0.4 is 0 Å². The number of azide groups is 1. The summed E-state index contributed by atoms with van der Waals surface area (Å²) < 4.78 is 28.6. The Bertz CT molecular complexity index is 448. The van der Waals surface area contributed by atoms with Gasteiger partial charge in [0.05, 0.1) is 12.6 Å². The van der Waals surface area contributed by atoms with Crippen molar-refractivity contribution in [1.29, 1.82) is 0 Å². The zero-order valence-electron chi connectivity index (χ0n) is 12.0. The Hall–Kier alpha value is -0.890. The van der Waals surface area contributed by atoms with E-state index < -0.39 is 36.1 Å². The molecule has 0 aromatic rings. The number of hydrogen-bond donors (Lipinski definition) is 0. The van der Waals surface area contributed by atoms with Crippen molar-refractivity contribution >= 4 is 0 Å². The molecule has 3 rings (SSSR count). The first kappa shape index (κ1) is 14.1. The summed E-state index contributed by atoms with van der Waals surface area (Å²) in [6.45, 7) is 7.66. The first-order valence-electron chi connectivity index (χ1n) is 6.68. The lowest BCUT2D eigenvalue weighted by Crippen LogP contribution is -2.41. The summed E-state index contributed by atoms with van der Waals surface area (Å²) in [5.41, 5.74) is 8.77. The Balaban J connectivity index is 1.78. The van der Waals surface area contributed by atoms with Crippen LogP contribution in [0.2, 0.25) is 0 Å². The van der Waals surface area contributed by atoms with Crippen LogP contribution in [0.4, 0.5) is 0 Å². The highest BCUT2D eigenvalue weighted by atomic mass is 16.8. The van der Waals surface area contributed by atoms with Gasteiger partial charge in [0.1, 0.15) is 18.3 Å². The van der Waals surface area contributed by atoms with Gasteiger partial charge in [0.25, 0.3) is 0 Å². The minimum Gasteiger partial charge on any atom is -0.348 e. The van der Waals surface area contributed by atoms with Gasteiger partial charge >= 0.3 is 0 Å². The maximum Gasteiger partial charge on any atom is 0.188 e. The maximum atomic E-state index is 8.77. The van der Waals surface area contributed by atoms with Crippen LogP contribution in [-0.4, -0.2) is 48.8 Å². The molecule has 5 atom stereocenters. The fraction of sp³-hybridized carbons (Fsp3) is 1.00. The van der Waals surface area contributed by atoms with E-state index in [1.807, 2.05) is 13.8 Å². The van der Waals surface area contributed by atoms with Crippen LogP contribution in [-0.2, 0) is 23.7 Å². The van der Waals surface area contributed by atoms with E-state index >= 15 is 0 Å². The third-order valence-electron chi connectivity index (χ3n) is 3.63. The lowest BCUT2D eigenvalue weighted by atomic mass is 10.0. The molecule has 0 amide bonds. The zero-order chi connectivity index (χ0) is 14.5. The summed E-state index contributed by atoms with van der Waals surface area (Å²) in [5.74, 6) is -1.40. The largest absolute Gasteiger partial charge is 0.348 e. The Morgan fingerprint density at radius 2 is 1.80 bits per heavy atom. The standard InChI is InChI=1S/C12H19N3O5/c1-11(2)16-5-6(18-11)8-7(14-15-13)9-10(17-8)20-12(3,4)19-9/h6-10H,5H2,1-4H3/t6-,7+,8+,9-,10+/m1/s1. The molecule has 8 nitrogen and oxygen atoms in total. The number of ether oxygens (including phenoxy) is 5. The van der Waals surface area contributed by atoms with Crippen LogP contribution in [0.1, 0.15) is 27.7 Å². The van der Waals surface area contributed by atoms with Gasteiger partial charge in [0.15, 0.2) is 17.9 Å². The molecule has 3 fully saturated rings. The highest BCUT2D eigenvalue weighted by molar-refractivity contribution is 5.01. The third kappa shape index (κ3) is 2.39. The number of rotatable bonds is 2. The molecule has 0 aromatic carbocycles. The van der Waals surface area contributed by atoms with Gasteiger partial charge in [-0.15, -0.1) is 0 Å². The van der Waals surface area contributed by atoms with Gasteiger partial charge in [-0.3, -0.25) is 0 Å². The topological polar surface area (TPSA) is 94.9 Å². The molecular weight excluding hydrogens is 266 g/mol. The predicted octanol–water partition coefficient (Wildman–Crippen LogP) is 1.69. The lowest BCUT2D eigenvalue weighted by Gasteiger charge is -2.26. The minimum atomic E-state index is -0.740. The van der Waals surface area contributed by atoms with Crippen molar-refractivity contribution in [2.75, 3.05) is 6.61 Å². The summed E-state index contributed by atoms with van der Waals surface area (Å²) in [7, 11) is 0. The Morgan fingerprint density at radius 1 is 1.05 bits per heavy atom. The van der Waals surface area contributed by atoms with Gasteiger partial charge in [0.2, 0.25) is 0 Å². The van der Waals surface area contributed by atoms with Gasteiger partial charge in [-0.2, -0.15) is 0 Å². The summed E-state index contributed by atoms with van der Waals surface area (Å²) in [6.07, 6.45) is -1.70. The van der Waals surface area contributed by atoms with E-state index in [1.165, 1.54) is 0 Å². The van der Waals surface area contributed by atoms with E-state index in [0.717, 1.165) is 0 Å². The van der Waals surface area contributed by atoms with Crippen molar-refractivity contribution in [3.8, 4) is 0 Å². The highest BCUT2D eigenvalue weighted by Gasteiger charge is 2.57. The highest BCUT2D eigenvalue weighted by Crippen LogP contribution is 2.41. The Kier molecular flexibility index (Phi) is 3.20. The molecule has 0 saturated carbocycles. The summed E-state index contributed by atoms with van der Waals surface area (Å²) >= 11 is 0. The van der Waals surface area contributed by atoms with Crippen LogP contribution >= 0.6 is 0 Å². The number of nitrogens with zero attached hydrogens (tertiary/aromatic N) is 3. The first-order chi connectivity index (χ1) is 9.31. The fourth-order valence-corrected chi connectivity index (χ4v) is 2.89. The zero-order valence-corrected chi connectivity index (χ0v) is 12.0. The predicted molar refractivity (Wildman–Crippen MR) is 66.5 cm³/mol. The molecule has 0 aliphatic carbocycles. The molecular formula is C12H19N3O5. The average molecular weight is 285 g/mol. The van der Waals surface area contributed by atoms with Crippen LogP contribution in [0.15, 0.2) is 5.11 Å². The van der Waals surface area contributed by atoms with Gasteiger partial charge in [-0.1, -0.05) is 5.11 Å². The maximum absolute atomic E-state index is 8.77. The van der Waals surface area contributed by atoms with Crippen LogP contribution in [0, 0.1) is 0 Å². The second kappa shape index (κ2) is 4.56. The summed E-state index contributed by atoms with van der Waals surface area (Å²) in [5, 5.41) is 3.82. The molecule has 20 heavy (non-hydrogen) atoms. The van der Waals surface area contributed by atoms with Crippen LogP contribution in [0.5, 0.6) is 0 Å². The average Bonchev–Trinajstić information content (AvgIpc) is 2.91. The number of hydrogen-bond acceptors (Lipinski definition) is 6. The molecule has 3 heterocycles. The summed E-state index contributed by atoms with van der Waals surface area (Å²) in [6, 6.07) is -0.491. The van der Waals surface area contributed by atoms with Gasteiger partial charge in [-0.05, 0) is 33.2 Å². The molecule has 3 aliphatic rings. The Labute approximate surface area is 116 Å². The molecule has 0 bridgehead atoms. The van der Waals surface area contributed by atoms with E-state index in [1.54, 1.807) is 13.8 Å². The summed E-state index contributed by atoms with van der Waals surface area (Å²) in [4.78, 5) is 2.90. The third-order valence-corrected chi connectivity index (χ3v) is 3.63. The van der Waals surface area contributed by atoms with Crippen molar-refractivity contribution in [1.82, 2.24) is 0 Å². The molecule has 0 unspecified atom stereocenters. The SMILES string of the molecule is CC1(C)O[C@@H]2O[C@@H]([C@H]3COC(C)(C)O3)[C@H](N=[N+]=[N-])[C@H]2O1. The van der Waals surface area contributed by atoms with Crippen LogP contribution in [0.25, 0.3) is 10.4 Å². The molecule has 3 saturated heterocycles. The van der Waals surface area contributed by atoms with Crippen molar-refractivity contribution in [2.45, 2.75) is 69.9 Å². The molecule has 0 N–H and O–H groups in total. The smallest absolute Gasteiger partial charge is 0.188 e. The molecule has 112 valence electrons. The monoisotopic (exact) mass is 285 g/mol. The van der Waals surface area contributed by atoms with Crippen molar-refractivity contribution < 1.29 is 23.7 Å². The molecule has 3 aliphatic heterocycles. The Morgan fingerprint density at radius 3 is 2.40 bits per heavy atom.